The second-order valence-corrected chi connectivity index (χ2v) is 6.48. The molecule has 26 heavy (non-hydrogen) atoms. The molecule has 0 bridgehead atoms. The summed E-state index contributed by atoms with van der Waals surface area (Å²) >= 11 is 0. The topological polar surface area (TPSA) is 40.5 Å². The van der Waals surface area contributed by atoms with E-state index < -0.39 is 7.12 Å². The molecule has 1 aliphatic rings. The SMILES string of the molecule is CC.CC.CC1(C)c2ccccc2-c2c1cc(B(O)O)c1ccccc21. The van der Waals surface area contributed by atoms with E-state index in [1.54, 1.807) is 0 Å². The highest BCUT2D eigenvalue weighted by Crippen LogP contribution is 2.50. The lowest BCUT2D eigenvalue weighted by molar-refractivity contribution is 0.426. The molecule has 0 saturated carbocycles. The molecule has 0 fully saturated rings. The average molecular weight is 348 g/mol. The second kappa shape index (κ2) is 8.07. The van der Waals surface area contributed by atoms with Crippen molar-refractivity contribution in [2.45, 2.75) is 47.0 Å². The highest BCUT2D eigenvalue weighted by molar-refractivity contribution is 6.62. The fraction of sp³-hybridized carbons (Fsp3) is 0.304. The molecule has 0 aromatic heterocycles. The summed E-state index contributed by atoms with van der Waals surface area (Å²) in [6.07, 6.45) is 0. The van der Waals surface area contributed by atoms with Gasteiger partial charge in [-0.2, -0.15) is 0 Å². The number of benzene rings is 3. The molecule has 0 radical (unpaired) electrons. The summed E-state index contributed by atoms with van der Waals surface area (Å²) in [5.41, 5.74) is 5.36. The van der Waals surface area contributed by atoms with Gasteiger partial charge in [-0.05, 0) is 38.5 Å². The molecular formula is C23H29BO2. The predicted molar refractivity (Wildman–Crippen MR) is 114 cm³/mol. The van der Waals surface area contributed by atoms with Gasteiger partial charge in [0.1, 0.15) is 0 Å². The minimum atomic E-state index is -1.46. The fourth-order valence-electron chi connectivity index (χ4n) is 3.79. The Morgan fingerprint density at radius 2 is 1.27 bits per heavy atom. The summed E-state index contributed by atoms with van der Waals surface area (Å²) in [5, 5.41) is 21.6. The van der Waals surface area contributed by atoms with Gasteiger partial charge in [-0.3, -0.25) is 0 Å². The third kappa shape index (κ3) is 3.06. The van der Waals surface area contributed by atoms with Crippen LogP contribution in [0, 0.1) is 0 Å². The minimum absolute atomic E-state index is 0.139. The van der Waals surface area contributed by atoms with Crippen LogP contribution >= 0.6 is 0 Å². The van der Waals surface area contributed by atoms with Gasteiger partial charge in [0.2, 0.25) is 0 Å². The molecule has 0 atom stereocenters. The lowest BCUT2D eigenvalue weighted by Crippen LogP contribution is -2.32. The molecule has 3 aromatic rings. The molecule has 4 rings (SSSR count). The molecule has 0 unspecified atom stereocenters. The molecule has 2 nitrogen and oxygen atoms in total. The van der Waals surface area contributed by atoms with Crippen molar-refractivity contribution in [2.24, 2.45) is 0 Å². The van der Waals surface area contributed by atoms with Crippen LogP contribution in [0.5, 0.6) is 0 Å². The molecule has 0 amide bonds. The van der Waals surface area contributed by atoms with E-state index in [9.17, 15) is 10.0 Å². The first kappa shape index (κ1) is 20.2. The van der Waals surface area contributed by atoms with Crippen LogP contribution in [0.4, 0.5) is 0 Å². The number of hydrogen-bond acceptors (Lipinski definition) is 2. The first-order chi connectivity index (χ1) is 12.5. The summed E-state index contributed by atoms with van der Waals surface area (Å²) in [5.74, 6) is 0. The standard InChI is InChI=1S/C19H17BO2.2C2H6/c1-19(2)15-10-6-5-9-14(15)18-13-8-4-3-7-12(13)17(20(21)22)11-16(18)19;2*1-2/h3-11,21-22H,1-2H3;2*1-2H3. The molecule has 2 N–H and O–H groups in total. The summed E-state index contributed by atoms with van der Waals surface area (Å²) in [6.45, 7) is 12.4. The first-order valence-corrected chi connectivity index (χ1v) is 9.54. The van der Waals surface area contributed by atoms with Gasteiger partial charge in [-0.25, -0.2) is 0 Å². The van der Waals surface area contributed by atoms with Gasteiger partial charge in [0.05, 0.1) is 0 Å². The van der Waals surface area contributed by atoms with E-state index in [-0.39, 0.29) is 5.41 Å². The smallest absolute Gasteiger partial charge is 0.423 e. The number of hydrogen-bond donors (Lipinski definition) is 2. The molecule has 0 heterocycles. The van der Waals surface area contributed by atoms with Crippen LogP contribution in [0.2, 0.25) is 0 Å². The van der Waals surface area contributed by atoms with Gasteiger partial charge in [0, 0.05) is 5.41 Å². The van der Waals surface area contributed by atoms with Gasteiger partial charge >= 0.3 is 7.12 Å². The van der Waals surface area contributed by atoms with E-state index in [2.05, 4.69) is 44.2 Å². The maximum Gasteiger partial charge on any atom is 0.489 e. The highest BCUT2D eigenvalue weighted by Gasteiger charge is 2.37. The van der Waals surface area contributed by atoms with Crippen LogP contribution in [-0.2, 0) is 5.41 Å². The second-order valence-electron chi connectivity index (χ2n) is 6.48. The Bertz CT molecular complexity index is 898. The maximum absolute atomic E-state index is 9.80. The van der Waals surface area contributed by atoms with E-state index in [1.165, 1.54) is 16.7 Å². The van der Waals surface area contributed by atoms with Crippen LogP contribution in [-0.4, -0.2) is 17.2 Å². The molecular weight excluding hydrogens is 319 g/mol. The van der Waals surface area contributed by atoms with Crippen LogP contribution < -0.4 is 5.46 Å². The Kier molecular flexibility index (Phi) is 6.28. The first-order valence-electron chi connectivity index (χ1n) is 9.54. The molecule has 0 aliphatic heterocycles. The normalized spacial score (nSPS) is 12.9. The molecule has 0 saturated heterocycles. The van der Waals surface area contributed by atoms with Gasteiger partial charge in [0.15, 0.2) is 0 Å². The monoisotopic (exact) mass is 348 g/mol. The highest BCUT2D eigenvalue weighted by atomic mass is 16.4. The van der Waals surface area contributed by atoms with E-state index in [0.29, 0.717) is 5.46 Å². The van der Waals surface area contributed by atoms with Gasteiger partial charge in [-0.15, -0.1) is 0 Å². The lowest BCUT2D eigenvalue weighted by Gasteiger charge is -2.22. The Labute approximate surface area is 157 Å². The van der Waals surface area contributed by atoms with Crippen molar-refractivity contribution in [3.05, 3.63) is 65.7 Å². The molecule has 0 spiro atoms. The van der Waals surface area contributed by atoms with Crippen LogP contribution in [0.1, 0.15) is 52.7 Å². The summed E-state index contributed by atoms with van der Waals surface area (Å²) in [4.78, 5) is 0. The zero-order valence-electron chi connectivity index (χ0n) is 16.7. The zero-order valence-corrected chi connectivity index (χ0v) is 16.7. The third-order valence-corrected chi connectivity index (χ3v) is 4.90. The van der Waals surface area contributed by atoms with Crippen molar-refractivity contribution in [1.29, 1.82) is 0 Å². The van der Waals surface area contributed by atoms with Crippen molar-refractivity contribution in [3.8, 4) is 11.1 Å². The zero-order chi connectivity index (χ0) is 19.5. The van der Waals surface area contributed by atoms with E-state index in [1.807, 2.05) is 52.0 Å². The number of fused-ring (bicyclic) bond motifs is 5. The molecule has 1 aliphatic carbocycles. The summed E-state index contributed by atoms with van der Waals surface area (Å²) < 4.78 is 0. The van der Waals surface area contributed by atoms with E-state index in [4.69, 9.17) is 0 Å². The minimum Gasteiger partial charge on any atom is -0.423 e. The van der Waals surface area contributed by atoms with Gasteiger partial charge in [0.25, 0.3) is 0 Å². The van der Waals surface area contributed by atoms with Crippen LogP contribution in [0.3, 0.4) is 0 Å². The van der Waals surface area contributed by atoms with Crippen molar-refractivity contribution >= 4 is 23.4 Å². The van der Waals surface area contributed by atoms with Crippen LogP contribution in [0.25, 0.3) is 21.9 Å². The Hall–Kier alpha value is -2.10. The lowest BCUT2D eigenvalue weighted by atomic mass is 9.72. The Morgan fingerprint density at radius 3 is 1.88 bits per heavy atom. The van der Waals surface area contributed by atoms with Crippen molar-refractivity contribution in [3.63, 3.8) is 0 Å². The summed E-state index contributed by atoms with van der Waals surface area (Å²) in [6, 6.07) is 18.4. The van der Waals surface area contributed by atoms with Crippen LogP contribution in [0.15, 0.2) is 54.6 Å². The quantitative estimate of drug-likeness (QED) is 0.616. The number of rotatable bonds is 1. The molecule has 136 valence electrons. The van der Waals surface area contributed by atoms with Crippen molar-refractivity contribution < 1.29 is 10.0 Å². The van der Waals surface area contributed by atoms with Crippen molar-refractivity contribution in [2.75, 3.05) is 0 Å². The predicted octanol–water partition coefficient (Wildman–Crippen LogP) is 4.88. The Balaban J connectivity index is 0.000000570. The van der Waals surface area contributed by atoms with E-state index in [0.717, 1.165) is 16.3 Å². The average Bonchev–Trinajstić information content (AvgIpc) is 2.92. The maximum atomic E-state index is 9.80. The fourth-order valence-corrected chi connectivity index (χ4v) is 3.79. The largest absolute Gasteiger partial charge is 0.489 e. The molecule has 3 heteroatoms. The Morgan fingerprint density at radius 1 is 0.731 bits per heavy atom. The van der Waals surface area contributed by atoms with Crippen molar-refractivity contribution in [1.82, 2.24) is 0 Å². The van der Waals surface area contributed by atoms with Gasteiger partial charge in [-0.1, -0.05) is 96.1 Å². The van der Waals surface area contributed by atoms with Gasteiger partial charge < -0.3 is 10.0 Å². The molecule has 3 aromatic carbocycles. The summed E-state index contributed by atoms with van der Waals surface area (Å²) in [7, 11) is -1.46. The van der Waals surface area contributed by atoms with E-state index >= 15 is 0 Å². The third-order valence-electron chi connectivity index (χ3n) is 4.90.